The van der Waals surface area contributed by atoms with E-state index in [4.69, 9.17) is 4.43 Å². The molecule has 3 heteroatoms. The maximum absolute atomic E-state index is 5.93. The molecule has 0 aromatic heterocycles. The third-order valence-corrected chi connectivity index (χ3v) is 7.13. The zero-order valence-electron chi connectivity index (χ0n) is 16.8. The Morgan fingerprint density at radius 1 is 0.826 bits per heavy atom. The molecule has 0 saturated heterocycles. The minimum Gasteiger partial charge on any atom is -0.409 e. The van der Waals surface area contributed by atoms with E-state index in [0.29, 0.717) is 9.53 Å². The molecule has 2 atom stereocenters. The smallest absolute Gasteiger partial charge is 0.172 e. The minimum atomic E-state index is -0.850. The van der Waals surface area contributed by atoms with Crippen LogP contribution in [0.4, 0.5) is 0 Å². The van der Waals surface area contributed by atoms with Crippen molar-refractivity contribution in [3.05, 3.63) is 0 Å². The van der Waals surface area contributed by atoms with Crippen molar-refractivity contribution >= 4 is 31.6 Å². The molecule has 0 saturated carbocycles. The summed E-state index contributed by atoms with van der Waals surface area (Å²) in [5, 5.41) is 0. The third kappa shape index (κ3) is 14.9. The van der Waals surface area contributed by atoms with Crippen LogP contribution < -0.4 is 0 Å². The van der Waals surface area contributed by atoms with Crippen LogP contribution >= 0.6 is 22.6 Å². The Balaban J connectivity index is 3.78. The molecule has 0 aliphatic rings. The first kappa shape index (κ1) is 23.9. The van der Waals surface area contributed by atoms with Crippen molar-refractivity contribution in [1.82, 2.24) is 0 Å². The largest absolute Gasteiger partial charge is 0.409 e. The first-order chi connectivity index (χ1) is 10.8. The van der Waals surface area contributed by atoms with Crippen LogP contribution in [-0.2, 0) is 4.43 Å². The average molecular weight is 455 g/mol. The van der Waals surface area contributed by atoms with Crippen molar-refractivity contribution in [2.75, 3.05) is 0 Å². The molecule has 0 bridgehead atoms. The molecular formula is C20H43IOSi. The lowest BCUT2D eigenvalue weighted by Gasteiger charge is -2.31. The maximum atomic E-state index is 5.93. The maximum Gasteiger partial charge on any atom is 0.172 e. The van der Waals surface area contributed by atoms with Gasteiger partial charge in [0.2, 0.25) is 0 Å². The van der Waals surface area contributed by atoms with Gasteiger partial charge in [-0.15, -0.1) is 0 Å². The van der Waals surface area contributed by atoms with Crippen LogP contribution in [0.1, 0.15) is 98.3 Å². The highest BCUT2D eigenvalue weighted by Gasteiger charge is 2.23. The van der Waals surface area contributed by atoms with Crippen molar-refractivity contribution in [3.63, 3.8) is 0 Å². The second-order valence-corrected chi connectivity index (χ2v) is 12.3. The second-order valence-electron chi connectivity index (χ2n) is 8.50. The monoisotopic (exact) mass is 454 g/mol. The van der Waals surface area contributed by atoms with Crippen molar-refractivity contribution in [2.45, 2.75) is 116 Å². The van der Waals surface area contributed by atoms with Crippen LogP contribution in [0.15, 0.2) is 0 Å². The number of rotatable bonds is 14. The van der Waals surface area contributed by atoms with Crippen LogP contribution in [0.3, 0.4) is 0 Å². The Morgan fingerprint density at radius 2 is 1.30 bits per heavy atom. The van der Waals surface area contributed by atoms with Gasteiger partial charge in [0.15, 0.2) is 9.04 Å². The molecule has 0 fully saturated rings. The zero-order chi connectivity index (χ0) is 17.7. The summed E-state index contributed by atoms with van der Waals surface area (Å²) in [5.74, 6) is 0.909. The van der Waals surface area contributed by atoms with Gasteiger partial charge in [-0.2, -0.15) is 0 Å². The Morgan fingerprint density at radius 3 is 1.74 bits per heavy atom. The highest BCUT2D eigenvalue weighted by molar-refractivity contribution is 14.1. The summed E-state index contributed by atoms with van der Waals surface area (Å²) >= 11 is 2.47. The number of hydrogen-bond donors (Lipinski definition) is 0. The van der Waals surface area contributed by atoms with E-state index in [0.717, 1.165) is 5.92 Å². The number of halogens is 1. The predicted octanol–water partition coefficient (Wildman–Crippen LogP) is 7.72. The standard InChI is InChI=1S/C20H43IOSi/c1-7-8-9-12-15-18(20(2,3)4)16-13-10-11-14-17-19(21)22-23(5)6/h18-19,23H,7-17H2,1-6H3. The molecule has 0 radical (unpaired) electrons. The highest BCUT2D eigenvalue weighted by atomic mass is 127. The van der Waals surface area contributed by atoms with Gasteiger partial charge in [-0.1, -0.05) is 102 Å². The summed E-state index contributed by atoms with van der Waals surface area (Å²) in [7, 11) is -0.850. The summed E-state index contributed by atoms with van der Waals surface area (Å²) in [6, 6.07) is 0. The van der Waals surface area contributed by atoms with E-state index in [1.807, 2.05) is 0 Å². The van der Waals surface area contributed by atoms with Gasteiger partial charge in [-0.05, 0) is 43.7 Å². The lowest BCUT2D eigenvalue weighted by Crippen LogP contribution is -2.20. The zero-order valence-corrected chi connectivity index (χ0v) is 20.1. The van der Waals surface area contributed by atoms with Crippen LogP contribution in [0.25, 0.3) is 0 Å². The Hall–Kier alpha value is 0.907. The van der Waals surface area contributed by atoms with E-state index in [9.17, 15) is 0 Å². The fourth-order valence-electron chi connectivity index (χ4n) is 3.24. The van der Waals surface area contributed by atoms with Gasteiger partial charge >= 0.3 is 0 Å². The van der Waals surface area contributed by atoms with Crippen molar-refractivity contribution in [1.29, 1.82) is 0 Å². The first-order valence-corrected chi connectivity index (χ1v) is 14.1. The van der Waals surface area contributed by atoms with Gasteiger partial charge in [0.25, 0.3) is 0 Å². The van der Waals surface area contributed by atoms with Crippen molar-refractivity contribution < 1.29 is 4.43 Å². The lowest BCUT2D eigenvalue weighted by atomic mass is 9.75. The highest BCUT2D eigenvalue weighted by Crippen LogP contribution is 2.34. The second kappa shape index (κ2) is 14.1. The summed E-state index contributed by atoms with van der Waals surface area (Å²) in [5.41, 5.74) is 0.481. The van der Waals surface area contributed by atoms with Gasteiger partial charge in [-0.3, -0.25) is 0 Å². The molecule has 23 heavy (non-hydrogen) atoms. The summed E-state index contributed by atoms with van der Waals surface area (Å²) in [4.78, 5) is 0. The molecule has 0 rings (SSSR count). The van der Waals surface area contributed by atoms with Gasteiger partial charge < -0.3 is 4.43 Å². The molecule has 0 spiro atoms. The van der Waals surface area contributed by atoms with E-state index in [1.165, 1.54) is 70.6 Å². The Kier molecular flexibility index (Phi) is 14.7. The Labute approximate surface area is 162 Å². The minimum absolute atomic E-state index is 0.458. The van der Waals surface area contributed by atoms with Gasteiger partial charge in [-0.25, -0.2) is 0 Å². The van der Waals surface area contributed by atoms with Crippen molar-refractivity contribution in [3.8, 4) is 0 Å². The van der Waals surface area contributed by atoms with E-state index in [1.54, 1.807) is 0 Å². The van der Waals surface area contributed by atoms with Crippen LogP contribution in [0, 0.1) is 11.3 Å². The molecule has 1 nitrogen and oxygen atoms in total. The number of hydrogen-bond acceptors (Lipinski definition) is 1. The predicted molar refractivity (Wildman–Crippen MR) is 117 cm³/mol. The third-order valence-electron chi connectivity index (χ3n) is 4.78. The molecule has 0 aromatic carbocycles. The molecule has 2 unspecified atom stereocenters. The fraction of sp³-hybridized carbons (Fsp3) is 1.00. The molecule has 0 amide bonds. The molecule has 140 valence electrons. The molecule has 0 aliphatic heterocycles. The van der Waals surface area contributed by atoms with Gasteiger partial charge in [0.05, 0.1) is 4.11 Å². The molecular weight excluding hydrogens is 411 g/mol. The molecule has 0 heterocycles. The quantitative estimate of drug-likeness (QED) is 0.113. The topological polar surface area (TPSA) is 9.23 Å². The summed E-state index contributed by atoms with van der Waals surface area (Å²) in [6.45, 7) is 14.1. The summed E-state index contributed by atoms with van der Waals surface area (Å²) in [6.07, 6.45) is 15.3. The average Bonchev–Trinajstić information content (AvgIpc) is 2.42. The van der Waals surface area contributed by atoms with Crippen LogP contribution in [0.5, 0.6) is 0 Å². The van der Waals surface area contributed by atoms with Gasteiger partial charge in [0, 0.05) is 0 Å². The Bertz CT molecular complexity index is 263. The van der Waals surface area contributed by atoms with E-state index in [2.05, 4.69) is 63.4 Å². The number of alkyl halides is 1. The number of unbranched alkanes of at least 4 members (excludes halogenated alkanes) is 6. The van der Waals surface area contributed by atoms with Crippen LogP contribution in [-0.4, -0.2) is 13.2 Å². The van der Waals surface area contributed by atoms with E-state index in [-0.39, 0.29) is 0 Å². The lowest BCUT2D eigenvalue weighted by molar-refractivity contribution is 0.200. The normalized spacial score (nSPS) is 15.1. The first-order valence-electron chi connectivity index (χ1n) is 10.1. The SMILES string of the molecule is CCCCCCC(CCCCCCC(I)O[SiH](C)C)C(C)(C)C. The molecule has 0 aliphatic carbocycles. The fourth-order valence-corrected chi connectivity index (χ4v) is 6.17. The molecule has 0 aromatic rings. The summed E-state index contributed by atoms with van der Waals surface area (Å²) < 4.78 is 6.39. The molecule has 0 N–H and O–H groups in total. The van der Waals surface area contributed by atoms with Crippen LogP contribution in [0.2, 0.25) is 13.1 Å². The van der Waals surface area contributed by atoms with Gasteiger partial charge in [0.1, 0.15) is 0 Å². The van der Waals surface area contributed by atoms with Crippen molar-refractivity contribution in [2.24, 2.45) is 11.3 Å². The van der Waals surface area contributed by atoms with E-state index >= 15 is 0 Å². The van der Waals surface area contributed by atoms with E-state index < -0.39 is 9.04 Å².